The van der Waals surface area contributed by atoms with E-state index in [4.69, 9.17) is 4.84 Å². The van der Waals surface area contributed by atoms with Gasteiger partial charge < -0.3 is 14.4 Å². The number of hydrogen-bond donors (Lipinski definition) is 1. The van der Waals surface area contributed by atoms with Gasteiger partial charge >= 0.3 is 7.83 Å². The molecule has 0 heterocycles. The number of carbonyl (C=O) groups is 1. The molecule has 0 saturated carbocycles. The number of quaternary nitrogens is 1. The first-order chi connectivity index (χ1) is 6.70. The molecule has 15 heavy (non-hydrogen) atoms. The van der Waals surface area contributed by atoms with Gasteiger partial charge in [0.15, 0.2) is 0 Å². The summed E-state index contributed by atoms with van der Waals surface area (Å²) in [6.45, 7) is 0.351. The number of hydrogen-bond acceptors (Lipinski definition) is 5. The Morgan fingerprint density at radius 3 is 2.33 bits per heavy atom. The molecular formula is C7H15N2O5P. The molecule has 0 aromatic rings. The summed E-state index contributed by atoms with van der Waals surface area (Å²) >= 11 is 0. The van der Waals surface area contributed by atoms with Crippen molar-refractivity contribution in [1.29, 1.82) is 0 Å². The molecule has 0 aliphatic rings. The van der Waals surface area contributed by atoms with Gasteiger partial charge in [-0.25, -0.2) is 9.13 Å². The first-order valence-corrected chi connectivity index (χ1v) is 5.44. The van der Waals surface area contributed by atoms with Crippen LogP contribution >= 0.6 is 7.83 Å². The van der Waals surface area contributed by atoms with E-state index in [0.717, 1.165) is 0 Å². The zero-order valence-corrected chi connectivity index (χ0v) is 9.82. The molecule has 0 rings (SSSR count). The first-order valence-electron chi connectivity index (χ1n) is 4.26. The molecular weight excluding hydrogens is 223 g/mol. The summed E-state index contributed by atoms with van der Waals surface area (Å²) in [5, 5.41) is 12.1. The lowest BCUT2D eigenvalue weighted by molar-refractivity contribution is -0.873. The third kappa shape index (κ3) is 9.55. The fourth-order valence-corrected chi connectivity index (χ4v) is 1.29. The monoisotopic (exact) mass is 238 g/mol. The normalized spacial score (nSPS) is 13.5. The molecule has 8 heteroatoms. The summed E-state index contributed by atoms with van der Waals surface area (Å²) in [5.74, 6) is -1.28. The maximum atomic E-state index is 10.4. The Hall–Kier alpha value is -0.750. The summed E-state index contributed by atoms with van der Waals surface area (Å²) < 4.78 is 20.8. The number of nitrogens with zero attached hydrogens (tertiary/aromatic N) is 1. The fourth-order valence-electron chi connectivity index (χ4n) is 1.06. The average molecular weight is 238 g/mol. The van der Waals surface area contributed by atoms with Crippen molar-refractivity contribution in [2.24, 2.45) is 0 Å². The molecule has 0 fully saturated rings. The van der Waals surface area contributed by atoms with Crippen molar-refractivity contribution >= 4 is 13.8 Å². The van der Waals surface area contributed by atoms with E-state index >= 15 is 0 Å². The highest BCUT2D eigenvalue weighted by molar-refractivity contribution is 7.27. The highest BCUT2D eigenvalue weighted by Gasteiger charge is 2.19. The van der Waals surface area contributed by atoms with E-state index in [-0.39, 0.29) is 6.42 Å². The van der Waals surface area contributed by atoms with E-state index in [1.165, 1.54) is 0 Å². The van der Waals surface area contributed by atoms with Crippen LogP contribution in [0.2, 0.25) is 0 Å². The predicted octanol–water partition coefficient (Wildman–Crippen LogP) is -1.19. The van der Waals surface area contributed by atoms with Gasteiger partial charge in [-0.15, -0.1) is 0 Å². The van der Waals surface area contributed by atoms with Gasteiger partial charge in [0.1, 0.15) is 12.6 Å². The zero-order chi connectivity index (χ0) is 12.1. The van der Waals surface area contributed by atoms with Crippen molar-refractivity contribution in [3.05, 3.63) is 0 Å². The van der Waals surface area contributed by atoms with Crippen molar-refractivity contribution in [2.75, 3.05) is 27.7 Å². The van der Waals surface area contributed by atoms with Crippen LogP contribution in [0.3, 0.4) is 0 Å². The average Bonchev–Trinajstić information content (AvgIpc) is 1.95. The van der Waals surface area contributed by atoms with E-state index in [1.807, 2.05) is 21.1 Å². The lowest BCUT2D eigenvalue weighted by Gasteiger charge is -2.28. The van der Waals surface area contributed by atoms with Gasteiger partial charge in [0, 0.05) is 12.4 Å². The van der Waals surface area contributed by atoms with Gasteiger partial charge in [-0.1, -0.05) is 5.25 Å². The Morgan fingerprint density at radius 1 is 1.47 bits per heavy atom. The minimum Gasteiger partial charge on any atom is -0.550 e. The second-order valence-electron chi connectivity index (χ2n) is 4.14. The second kappa shape index (κ2) is 5.97. The summed E-state index contributed by atoms with van der Waals surface area (Å²) in [7, 11) is 2.62. The summed E-state index contributed by atoms with van der Waals surface area (Å²) in [5.41, 5.74) is 0. The van der Waals surface area contributed by atoms with Gasteiger partial charge in [0.2, 0.25) is 0 Å². The molecule has 0 saturated heterocycles. The van der Waals surface area contributed by atoms with Gasteiger partial charge in [-0.05, 0) is 0 Å². The highest BCUT2D eigenvalue weighted by atomic mass is 31.1. The van der Waals surface area contributed by atoms with Crippen LogP contribution in [0.25, 0.3) is 0 Å². The molecule has 1 atom stereocenters. The molecule has 1 N–H and O–H groups in total. The van der Waals surface area contributed by atoms with Crippen LogP contribution in [0.5, 0.6) is 0 Å². The van der Waals surface area contributed by atoms with Gasteiger partial charge in [0.05, 0.1) is 21.1 Å². The summed E-state index contributed by atoms with van der Waals surface area (Å²) in [4.78, 5) is 15.1. The highest BCUT2D eigenvalue weighted by Crippen LogP contribution is 2.05. The molecule has 0 bridgehead atoms. The van der Waals surface area contributed by atoms with E-state index in [1.54, 1.807) is 5.25 Å². The number of rotatable bonds is 7. The van der Waals surface area contributed by atoms with Crippen LogP contribution in [-0.2, 0) is 18.8 Å². The van der Waals surface area contributed by atoms with Crippen LogP contribution in [0.4, 0.5) is 0 Å². The molecule has 0 aliphatic heterocycles. The van der Waals surface area contributed by atoms with E-state index in [0.29, 0.717) is 11.0 Å². The van der Waals surface area contributed by atoms with E-state index in [2.05, 4.69) is 0 Å². The van der Waals surface area contributed by atoms with Crippen LogP contribution in [0.15, 0.2) is 0 Å². The molecule has 0 radical (unpaired) electrons. The van der Waals surface area contributed by atoms with Crippen LogP contribution in [0.1, 0.15) is 6.42 Å². The van der Waals surface area contributed by atoms with Crippen LogP contribution in [-0.4, -0.2) is 44.2 Å². The lowest BCUT2D eigenvalue weighted by atomic mass is 10.2. The topological polar surface area (TPSA) is 95.5 Å². The minimum atomic E-state index is -2.89. The smallest absolute Gasteiger partial charge is 0.419 e. The van der Waals surface area contributed by atoms with E-state index in [9.17, 15) is 19.0 Å². The molecule has 7 nitrogen and oxygen atoms in total. The maximum absolute atomic E-state index is 10.4. The Labute approximate surface area is 88.4 Å². The van der Waals surface area contributed by atoms with Gasteiger partial charge in [-0.3, -0.25) is 4.84 Å². The number of carboxylic acids is 1. The molecule has 0 aliphatic carbocycles. The van der Waals surface area contributed by atoms with Crippen molar-refractivity contribution in [2.45, 2.75) is 12.5 Å². The van der Waals surface area contributed by atoms with Gasteiger partial charge in [0.25, 0.3) is 0 Å². The Balaban J connectivity index is 4.24. The zero-order valence-electron chi connectivity index (χ0n) is 8.93. The van der Waals surface area contributed by atoms with Gasteiger partial charge in [-0.2, -0.15) is 0 Å². The second-order valence-corrected chi connectivity index (χ2v) is 4.83. The molecule has 0 aromatic heterocycles. The third-order valence-corrected chi connectivity index (χ3v) is 1.69. The SMILES string of the molecule is C[N+](C)(C)CC(CC(=O)[O-])ONP(=O)=O. The van der Waals surface area contributed by atoms with Crippen molar-refractivity contribution in [3.63, 3.8) is 0 Å². The fraction of sp³-hybridized carbons (Fsp3) is 0.857. The number of carboxylic acid groups (broad SMARTS) is 1. The Kier molecular flexibility index (Phi) is 5.67. The van der Waals surface area contributed by atoms with Crippen LogP contribution in [0, 0.1) is 0 Å². The quantitative estimate of drug-likeness (QED) is 0.340. The summed E-state index contributed by atoms with van der Waals surface area (Å²) in [6, 6.07) is 0. The van der Waals surface area contributed by atoms with Crippen molar-refractivity contribution in [3.8, 4) is 0 Å². The predicted molar refractivity (Wildman–Crippen MR) is 48.8 cm³/mol. The maximum Gasteiger partial charge on any atom is 0.419 e. The largest absolute Gasteiger partial charge is 0.550 e. The van der Waals surface area contributed by atoms with Crippen molar-refractivity contribution in [1.82, 2.24) is 5.25 Å². The minimum absolute atomic E-state index is 0.351. The third-order valence-electron chi connectivity index (χ3n) is 1.44. The Bertz CT molecular complexity index is 276. The molecule has 0 amide bonds. The first kappa shape index (κ1) is 14.2. The van der Waals surface area contributed by atoms with Crippen molar-refractivity contribution < 1.29 is 28.4 Å². The van der Waals surface area contributed by atoms with Crippen LogP contribution < -0.4 is 10.4 Å². The molecule has 0 spiro atoms. The van der Waals surface area contributed by atoms with E-state index < -0.39 is 19.9 Å². The molecule has 0 aromatic carbocycles. The Morgan fingerprint density at radius 2 is 2.00 bits per heavy atom. The molecule has 88 valence electrons. The number of aliphatic carboxylic acids is 1. The summed E-state index contributed by atoms with van der Waals surface area (Å²) in [6.07, 6.45) is -1.10. The lowest BCUT2D eigenvalue weighted by Crippen LogP contribution is -2.45. The number of likely N-dealkylation sites (N-methyl/N-ethyl adjacent to an activating group) is 1. The number of carbonyl (C=O) groups excluding carboxylic acids is 1. The standard InChI is InChI=1S/C7H15N2O5P/c1-9(2,3)5-6(4-7(10)11)14-8-15(12)13/h6H,4-5H2,1-3H3,(H-,8,10,11,12,13). The number of nitrogens with one attached hydrogen (secondary N) is 1. The molecule has 1 unspecified atom stereocenters.